The van der Waals surface area contributed by atoms with Gasteiger partial charge in [-0.1, -0.05) is 50.6 Å². The second-order valence-corrected chi connectivity index (χ2v) is 11.7. The monoisotopic (exact) mass is 549 g/mol. The maximum atomic E-state index is 13.5. The number of hydrogen-bond donors (Lipinski definition) is 4. The molecule has 0 bridgehead atoms. The molecule has 0 aromatic heterocycles. The number of methoxy groups -OCH3 is 1. The van der Waals surface area contributed by atoms with Crippen molar-refractivity contribution < 1.29 is 33.1 Å². The number of ether oxygens (including phenoxy) is 1. The predicted octanol–water partition coefficient (Wildman–Crippen LogP) is 2.21. The predicted molar refractivity (Wildman–Crippen MR) is 143 cm³/mol. The molecule has 0 aliphatic carbocycles. The summed E-state index contributed by atoms with van der Waals surface area (Å²) in [6, 6.07) is 14.6. The van der Waals surface area contributed by atoms with Crippen molar-refractivity contribution in [2.24, 2.45) is 17.8 Å². The lowest BCUT2D eigenvalue weighted by molar-refractivity contribution is -0.141. The number of aliphatic hydroxyl groups excluding tert-OH is 1. The van der Waals surface area contributed by atoms with E-state index in [-0.39, 0.29) is 30.4 Å². The number of benzene rings is 2. The SMILES string of the molecule is COc1ccc(S(=O)(=O)N(C)C[C@H](C(=O)NO)[C@@H](CCC(C)C)C(=O)N[C@H](CO)Cc2ccccc2)cc1. The Morgan fingerprint density at radius 3 is 2.13 bits per heavy atom. The van der Waals surface area contributed by atoms with Crippen LogP contribution in [0.5, 0.6) is 5.75 Å². The molecule has 0 saturated heterocycles. The maximum absolute atomic E-state index is 13.5. The molecule has 2 aromatic rings. The second-order valence-electron chi connectivity index (χ2n) is 9.70. The molecule has 11 heteroatoms. The number of amides is 2. The number of sulfonamides is 1. The maximum Gasteiger partial charge on any atom is 0.248 e. The largest absolute Gasteiger partial charge is 0.497 e. The highest BCUT2D eigenvalue weighted by Crippen LogP contribution is 2.26. The van der Waals surface area contributed by atoms with Crippen molar-refractivity contribution in [1.82, 2.24) is 15.1 Å². The van der Waals surface area contributed by atoms with Crippen LogP contribution >= 0.6 is 0 Å². The van der Waals surface area contributed by atoms with Gasteiger partial charge in [0, 0.05) is 13.6 Å². The summed E-state index contributed by atoms with van der Waals surface area (Å²) in [5.41, 5.74) is 2.52. The van der Waals surface area contributed by atoms with E-state index in [1.165, 1.54) is 38.4 Å². The zero-order valence-corrected chi connectivity index (χ0v) is 23.1. The third-order valence-electron chi connectivity index (χ3n) is 6.44. The summed E-state index contributed by atoms with van der Waals surface area (Å²) in [5.74, 6) is -2.81. The van der Waals surface area contributed by atoms with Crippen LogP contribution in [-0.2, 0) is 26.0 Å². The number of carbonyl (C=O) groups is 2. The Bertz CT molecular complexity index is 1130. The van der Waals surface area contributed by atoms with Crippen LogP contribution in [0.4, 0.5) is 0 Å². The van der Waals surface area contributed by atoms with Gasteiger partial charge in [0.15, 0.2) is 0 Å². The van der Waals surface area contributed by atoms with Gasteiger partial charge < -0.3 is 15.2 Å². The van der Waals surface area contributed by atoms with E-state index in [2.05, 4.69) is 5.32 Å². The summed E-state index contributed by atoms with van der Waals surface area (Å²) in [6.07, 6.45) is 1.24. The molecule has 38 heavy (non-hydrogen) atoms. The number of aliphatic hydroxyl groups is 1. The minimum Gasteiger partial charge on any atom is -0.497 e. The van der Waals surface area contributed by atoms with Gasteiger partial charge in [0.2, 0.25) is 21.8 Å². The van der Waals surface area contributed by atoms with Crippen LogP contribution in [0.1, 0.15) is 32.3 Å². The van der Waals surface area contributed by atoms with Crippen LogP contribution in [0.25, 0.3) is 0 Å². The van der Waals surface area contributed by atoms with Gasteiger partial charge in [0.25, 0.3) is 0 Å². The molecule has 0 fully saturated rings. The first kappa shape index (κ1) is 31.2. The van der Waals surface area contributed by atoms with Crippen molar-refractivity contribution in [2.45, 2.75) is 44.0 Å². The minimum absolute atomic E-state index is 0.00431. The molecule has 2 rings (SSSR count). The van der Waals surface area contributed by atoms with Crippen molar-refractivity contribution >= 4 is 21.8 Å². The van der Waals surface area contributed by atoms with Gasteiger partial charge in [0.1, 0.15) is 5.75 Å². The molecule has 0 spiro atoms. The second kappa shape index (κ2) is 14.8. The van der Waals surface area contributed by atoms with E-state index in [4.69, 9.17) is 4.74 Å². The lowest BCUT2D eigenvalue weighted by Gasteiger charge is -2.30. The first-order chi connectivity index (χ1) is 18.0. The van der Waals surface area contributed by atoms with Crippen molar-refractivity contribution in [3.63, 3.8) is 0 Å². The van der Waals surface area contributed by atoms with Crippen LogP contribution in [0.2, 0.25) is 0 Å². The molecule has 0 unspecified atom stereocenters. The highest BCUT2D eigenvalue weighted by molar-refractivity contribution is 7.89. The van der Waals surface area contributed by atoms with Gasteiger partial charge in [-0.15, -0.1) is 0 Å². The van der Waals surface area contributed by atoms with Crippen LogP contribution in [-0.4, -0.2) is 68.2 Å². The number of hydrogen-bond acceptors (Lipinski definition) is 7. The fourth-order valence-electron chi connectivity index (χ4n) is 4.17. The Hall–Kier alpha value is -2.99. The number of nitrogens with one attached hydrogen (secondary N) is 2. The van der Waals surface area contributed by atoms with Gasteiger partial charge in [-0.3, -0.25) is 14.8 Å². The average molecular weight is 550 g/mol. The molecule has 0 aliphatic heterocycles. The smallest absolute Gasteiger partial charge is 0.248 e. The topological polar surface area (TPSA) is 145 Å². The van der Waals surface area contributed by atoms with E-state index in [0.717, 1.165) is 9.87 Å². The number of carbonyl (C=O) groups excluding carboxylic acids is 2. The lowest BCUT2D eigenvalue weighted by Crippen LogP contribution is -2.50. The summed E-state index contributed by atoms with van der Waals surface area (Å²) in [5, 5.41) is 22.2. The third-order valence-corrected chi connectivity index (χ3v) is 8.28. The van der Waals surface area contributed by atoms with Crippen molar-refractivity contribution in [2.75, 3.05) is 27.3 Å². The molecule has 10 nitrogen and oxygen atoms in total. The normalized spacial score (nSPS) is 14.1. The Balaban J connectivity index is 2.31. The van der Waals surface area contributed by atoms with Gasteiger partial charge in [-0.25, -0.2) is 18.2 Å². The third kappa shape index (κ3) is 8.80. The molecule has 4 N–H and O–H groups in total. The van der Waals surface area contributed by atoms with E-state index >= 15 is 0 Å². The van der Waals surface area contributed by atoms with Crippen LogP contribution in [0, 0.1) is 17.8 Å². The summed E-state index contributed by atoms with van der Waals surface area (Å²) in [6.45, 7) is 3.28. The Kier molecular flexibility index (Phi) is 12.2. The summed E-state index contributed by atoms with van der Waals surface area (Å²) in [7, 11) is -1.23. The van der Waals surface area contributed by atoms with Gasteiger partial charge in [-0.05, 0) is 48.6 Å². The van der Waals surface area contributed by atoms with E-state index in [0.29, 0.717) is 18.6 Å². The Morgan fingerprint density at radius 2 is 1.61 bits per heavy atom. The zero-order valence-electron chi connectivity index (χ0n) is 22.3. The summed E-state index contributed by atoms with van der Waals surface area (Å²) < 4.78 is 32.5. The average Bonchev–Trinajstić information content (AvgIpc) is 2.91. The molecule has 2 aromatic carbocycles. The Morgan fingerprint density at radius 1 is 0.974 bits per heavy atom. The number of hydroxylamine groups is 1. The lowest BCUT2D eigenvalue weighted by atomic mass is 9.84. The molecule has 210 valence electrons. The Labute approximate surface area is 225 Å². The van der Waals surface area contributed by atoms with Crippen LogP contribution in [0.15, 0.2) is 59.5 Å². The molecule has 0 radical (unpaired) electrons. The fraction of sp³-hybridized carbons (Fsp3) is 0.481. The highest BCUT2D eigenvalue weighted by Gasteiger charge is 2.37. The zero-order chi connectivity index (χ0) is 28.3. The van der Waals surface area contributed by atoms with Gasteiger partial charge >= 0.3 is 0 Å². The van der Waals surface area contributed by atoms with Gasteiger partial charge in [-0.2, -0.15) is 0 Å². The molecule has 0 saturated carbocycles. The first-order valence-electron chi connectivity index (χ1n) is 12.5. The molecule has 2 amide bonds. The fourth-order valence-corrected chi connectivity index (χ4v) is 5.37. The molecule has 0 heterocycles. The summed E-state index contributed by atoms with van der Waals surface area (Å²) >= 11 is 0. The molecule has 0 aliphatic rings. The summed E-state index contributed by atoms with van der Waals surface area (Å²) in [4.78, 5) is 26.3. The van der Waals surface area contributed by atoms with Crippen LogP contribution < -0.4 is 15.5 Å². The van der Waals surface area contributed by atoms with Crippen molar-refractivity contribution in [1.29, 1.82) is 0 Å². The van der Waals surface area contributed by atoms with E-state index in [1.807, 2.05) is 44.2 Å². The number of nitrogens with zero attached hydrogens (tertiary/aromatic N) is 1. The standard InChI is InChI=1S/C27H39N3O7S/c1-19(2)10-15-24(26(32)28-21(18-31)16-20-8-6-5-7-9-20)25(27(33)29-34)17-30(3)38(35,36)23-13-11-22(37-4)12-14-23/h5-9,11-14,19,21,24-25,31,34H,10,15-18H2,1-4H3,(H,28,32)(H,29,33)/t21-,24+,25-/m0/s1. The van der Waals surface area contributed by atoms with E-state index in [1.54, 1.807) is 5.48 Å². The van der Waals surface area contributed by atoms with E-state index in [9.17, 15) is 28.3 Å². The van der Waals surface area contributed by atoms with Crippen molar-refractivity contribution in [3.05, 3.63) is 60.2 Å². The molecule has 3 atom stereocenters. The minimum atomic E-state index is -4.02. The van der Waals surface area contributed by atoms with Crippen molar-refractivity contribution in [3.8, 4) is 5.75 Å². The molecular weight excluding hydrogens is 510 g/mol. The molecular formula is C27H39N3O7S. The van der Waals surface area contributed by atoms with Gasteiger partial charge in [0.05, 0.1) is 36.5 Å². The first-order valence-corrected chi connectivity index (χ1v) is 14.0. The number of rotatable bonds is 15. The van der Waals surface area contributed by atoms with E-state index < -0.39 is 39.7 Å². The highest BCUT2D eigenvalue weighted by atomic mass is 32.2. The quantitative estimate of drug-likeness (QED) is 0.197. The van der Waals surface area contributed by atoms with Crippen LogP contribution in [0.3, 0.4) is 0 Å².